The highest BCUT2D eigenvalue weighted by atomic mass is 16.5. The molecular formula is C15H26N2O2. The second-order valence-electron chi connectivity index (χ2n) is 7.86. The van der Waals surface area contributed by atoms with E-state index in [0.717, 1.165) is 19.3 Å². The monoisotopic (exact) mass is 266 g/mol. The average Bonchev–Trinajstić information content (AvgIpc) is 2.62. The van der Waals surface area contributed by atoms with Gasteiger partial charge in [-0.05, 0) is 24.7 Å². The van der Waals surface area contributed by atoms with Crippen LogP contribution in [0.4, 0.5) is 0 Å². The molecule has 1 fully saturated rings. The molecule has 4 heteroatoms. The smallest absolute Gasteiger partial charge is 0.229 e. The molecule has 1 saturated carbocycles. The third kappa shape index (κ3) is 3.56. The molecule has 0 spiro atoms. The second kappa shape index (κ2) is 4.58. The van der Waals surface area contributed by atoms with Gasteiger partial charge in [0, 0.05) is 5.41 Å². The quantitative estimate of drug-likeness (QED) is 0.892. The normalized spacial score (nSPS) is 27.5. The Morgan fingerprint density at radius 3 is 2.47 bits per heavy atom. The Morgan fingerprint density at radius 1 is 1.26 bits per heavy atom. The van der Waals surface area contributed by atoms with Crippen molar-refractivity contribution in [3.63, 3.8) is 0 Å². The minimum atomic E-state index is -0.691. The van der Waals surface area contributed by atoms with Crippen LogP contribution in [0.15, 0.2) is 4.52 Å². The van der Waals surface area contributed by atoms with Crippen molar-refractivity contribution < 1.29 is 9.63 Å². The first kappa shape index (κ1) is 14.5. The van der Waals surface area contributed by atoms with Gasteiger partial charge in [-0.15, -0.1) is 0 Å². The van der Waals surface area contributed by atoms with Crippen LogP contribution in [-0.2, 0) is 11.8 Å². The number of rotatable bonds is 2. The molecule has 4 nitrogen and oxygen atoms in total. The summed E-state index contributed by atoms with van der Waals surface area (Å²) in [4.78, 5) is 4.43. The van der Waals surface area contributed by atoms with Crippen molar-refractivity contribution >= 4 is 0 Å². The zero-order valence-corrected chi connectivity index (χ0v) is 12.8. The van der Waals surface area contributed by atoms with Crippen LogP contribution in [0.5, 0.6) is 0 Å². The van der Waals surface area contributed by atoms with Gasteiger partial charge in [0.05, 0.1) is 12.0 Å². The summed E-state index contributed by atoms with van der Waals surface area (Å²) in [6.45, 7) is 10.6. The van der Waals surface area contributed by atoms with E-state index in [9.17, 15) is 5.11 Å². The molecule has 1 atom stereocenters. The minimum Gasteiger partial charge on any atom is -0.389 e. The predicted molar refractivity (Wildman–Crippen MR) is 73.9 cm³/mol. The van der Waals surface area contributed by atoms with E-state index in [2.05, 4.69) is 44.8 Å². The fourth-order valence-electron chi connectivity index (χ4n) is 3.03. The molecule has 1 aliphatic carbocycles. The number of hydrogen-bond donors (Lipinski definition) is 1. The Labute approximate surface area is 115 Å². The molecule has 0 radical (unpaired) electrons. The maximum absolute atomic E-state index is 10.7. The summed E-state index contributed by atoms with van der Waals surface area (Å²) in [7, 11) is 0. The van der Waals surface area contributed by atoms with E-state index in [-0.39, 0.29) is 10.8 Å². The maximum atomic E-state index is 10.7. The van der Waals surface area contributed by atoms with Gasteiger partial charge in [-0.2, -0.15) is 4.98 Å². The fraction of sp³-hybridized carbons (Fsp3) is 0.867. The highest BCUT2D eigenvalue weighted by Gasteiger charge is 2.40. The minimum absolute atomic E-state index is 0.115. The SMILES string of the molecule is CC1(C)CCC[C@](O)(Cc2nc(C(C)(C)C)no2)C1. The van der Waals surface area contributed by atoms with E-state index in [1.54, 1.807) is 0 Å². The lowest BCUT2D eigenvalue weighted by atomic mass is 9.69. The van der Waals surface area contributed by atoms with Crippen LogP contribution in [0.3, 0.4) is 0 Å². The van der Waals surface area contributed by atoms with Gasteiger partial charge in [-0.25, -0.2) is 0 Å². The van der Waals surface area contributed by atoms with Crippen LogP contribution in [0.25, 0.3) is 0 Å². The molecule has 1 N–H and O–H groups in total. The van der Waals surface area contributed by atoms with Gasteiger partial charge in [-0.3, -0.25) is 0 Å². The van der Waals surface area contributed by atoms with E-state index in [1.807, 2.05) is 0 Å². The van der Waals surface area contributed by atoms with Crippen LogP contribution in [0, 0.1) is 5.41 Å². The molecule has 0 unspecified atom stereocenters. The first-order valence-electron chi connectivity index (χ1n) is 7.15. The Bertz CT molecular complexity index is 445. The molecule has 1 aromatic heterocycles. The van der Waals surface area contributed by atoms with E-state index < -0.39 is 5.60 Å². The van der Waals surface area contributed by atoms with Crippen molar-refractivity contribution in [3.05, 3.63) is 11.7 Å². The van der Waals surface area contributed by atoms with E-state index in [1.165, 1.54) is 6.42 Å². The highest BCUT2D eigenvalue weighted by Crippen LogP contribution is 2.42. The zero-order chi connectivity index (χ0) is 14.3. The van der Waals surface area contributed by atoms with Crippen LogP contribution >= 0.6 is 0 Å². The van der Waals surface area contributed by atoms with Crippen LogP contribution in [0.2, 0.25) is 0 Å². The second-order valence-corrected chi connectivity index (χ2v) is 7.86. The topological polar surface area (TPSA) is 59.2 Å². The number of hydrogen-bond acceptors (Lipinski definition) is 4. The van der Waals surface area contributed by atoms with Gasteiger partial charge in [0.15, 0.2) is 5.82 Å². The molecule has 108 valence electrons. The molecule has 2 rings (SSSR count). The Morgan fingerprint density at radius 2 is 1.95 bits per heavy atom. The van der Waals surface area contributed by atoms with E-state index >= 15 is 0 Å². The molecule has 0 aromatic carbocycles. The first-order valence-corrected chi connectivity index (χ1v) is 7.15. The molecule has 0 bridgehead atoms. The third-order valence-corrected chi connectivity index (χ3v) is 3.92. The fourth-order valence-corrected chi connectivity index (χ4v) is 3.03. The van der Waals surface area contributed by atoms with Gasteiger partial charge in [-0.1, -0.05) is 46.2 Å². The molecular weight excluding hydrogens is 240 g/mol. The Balaban J connectivity index is 2.10. The molecule has 19 heavy (non-hydrogen) atoms. The number of aliphatic hydroxyl groups is 1. The van der Waals surface area contributed by atoms with Crippen LogP contribution < -0.4 is 0 Å². The largest absolute Gasteiger partial charge is 0.389 e. The summed E-state index contributed by atoms with van der Waals surface area (Å²) in [6, 6.07) is 0. The van der Waals surface area contributed by atoms with Gasteiger partial charge in [0.1, 0.15) is 0 Å². The predicted octanol–water partition coefficient (Wildman–Crippen LogP) is 3.24. The van der Waals surface area contributed by atoms with Crippen molar-refractivity contribution in [2.45, 2.75) is 77.7 Å². The van der Waals surface area contributed by atoms with E-state index in [0.29, 0.717) is 18.1 Å². The van der Waals surface area contributed by atoms with Gasteiger partial charge in [0.25, 0.3) is 0 Å². The summed E-state index contributed by atoms with van der Waals surface area (Å²) in [6.07, 6.45) is 4.33. The lowest BCUT2D eigenvalue weighted by molar-refractivity contribution is -0.0429. The standard InChI is InChI=1S/C15H26N2O2/c1-13(2,3)12-16-11(19-17-12)9-15(18)8-6-7-14(4,5)10-15/h18H,6-10H2,1-5H3/t15-/m0/s1. The van der Waals surface area contributed by atoms with Gasteiger partial charge >= 0.3 is 0 Å². The third-order valence-electron chi connectivity index (χ3n) is 3.92. The highest BCUT2D eigenvalue weighted by molar-refractivity contribution is 5.03. The van der Waals surface area contributed by atoms with Crippen LogP contribution in [-0.4, -0.2) is 20.8 Å². The van der Waals surface area contributed by atoms with Crippen LogP contribution in [0.1, 0.15) is 72.0 Å². The van der Waals surface area contributed by atoms with Crippen molar-refractivity contribution in [1.29, 1.82) is 0 Å². The molecule has 0 saturated heterocycles. The van der Waals surface area contributed by atoms with Crippen molar-refractivity contribution in [2.24, 2.45) is 5.41 Å². The lowest BCUT2D eigenvalue weighted by Crippen LogP contribution is -2.40. The summed E-state index contributed by atoms with van der Waals surface area (Å²) >= 11 is 0. The summed E-state index contributed by atoms with van der Waals surface area (Å²) in [5, 5.41) is 14.8. The summed E-state index contributed by atoms with van der Waals surface area (Å²) < 4.78 is 5.31. The maximum Gasteiger partial charge on any atom is 0.229 e. The molecule has 0 amide bonds. The van der Waals surface area contributed by atoms with Crippen molar-refractivity contribution in [1.82, 2.24) is 10.1 Å². The molecule has 0 aliphatic heterocycles. The summed E-state index contributed by atoms with van der Waals surface area (Å²) in [5.74, 6) is 1.27. The number of nitrogens with zero attached hydrogens (tertiary/aromatic N) is 2. The zero-order valence-electron chi connectivity index (χ0n) is 12.8. The Hall–Kier alpha value is -0.900. The van der Waals surface area contributed by atoms with Gasteiger partial charge < -0.3 is 9.63 Å². The molecule has 1 heterocycles. The summed E-state index contributed by atoms with van der Waals surface area (Å²) in [5.41, 5.74) is -0.612. The average molecular weight is 266 g/mol. The van der Waals surface area contributed by atoms with Crippen molar-refractivity contribution in [3.8, 4) is 0 Å². The first-order chi connectivity index (χ1) is 8.60. The van der Waals surface area contributed by atoms with E-state index in [4.69, 9.17) is 4.52 Å². The molecule has 1 aliphatic rings. The van der Waals surface area contributed by atoms with Crippen molar-refractivity contribution in [2.75, 3.05) is 0 Å². The number of aromatic nitrogens is 2. The lowest BCUT2D eigenvalue weighted by Gasteiger charge is -2.40. The Kier molecular flexibility index (Phi) is 3.50. The molecule has 1 aromatic rings. The van der Waals surface area contributed by atoms with Gasteiger partial charge in [0.2, 0.25) is 5.89 Å².